The number of hydrogen-bond acceptors (Lipinski definition) is 11. The van der Waals surface area contributed by atoms with E-state index in [4.69, 9.17) is 30.2 Å². The second-order valence-electron chi connectivity index (χ2n) is 5.74. The molecule has 11 heteroatoms. The molecular weight excluding hydrogens is 318 g/mol. The lowest BCUT2D eigenvalue weighted by Gasteiger charge is -2.47. The van der Waals surface area contributed by atoms with Crippen LogP contribution in [0.3, 0.4) is 0 Å². The van der Waals surface area contributed by atoms with Crippen LogP contribution in [0.15, 0.2) is 0 Å². The summed E-state index contributed by atoms with van der Waals surface area (Å²) in [6.07, 6.45) is -12.0. The molecular formula is C12H23NO10. The van der Waals surface area contributed by atoms with Crippen LogP contribution in [-0.2, 0) is 14.2 Å². The molecule has 0 amide bonds. The normalized spacial score (nSPS) is 51.7. The number of nitrogens with two attached hydrogens (primary N) is 1. The van der Waals surface area contributed by atoms with E-state index in [9.17, 15) is 25.5 Å². The molecule has 0 aromatic heterocycles. The number of rotatable bonds is 4. The minimum absolute atomic E-state index is 0.439. The van der Waals surface area contributed by atoms with Gasteiger partial charge < -0.3 is 50.0 Å². The fourth-order valence-corrected chi connectivity index (χ4v) is 2.56. The summed E-state index contributed by atoms with van der Waals surface area (Å²) in [5.41, 5.74) is 3.83. The molecule has 0 radical (unpaired) electrons. The fraction of sp³-hybridized carbons (Fsp3) is 1.00. The van der Waals surface area contributed by atoms with Crippen molar-refractivity contribution in [2.24, 2.45) is 5.73 Å². The number of ether oxygens (including phenoxy) is 3. The summed E-state index contributed by atoms with van der Waals surface area (Å²) in [6.45, 7) is -1.64. The molecule has 0 saturated carbocycles. The lowest BCUT2D eigenvalue weighted by Crippen LogP contribution is -2.71. The molecule has 0 aromatic rings. The van der Waals surface area contributed by atoms with Crippen LogP contribution < -0.4 is 5.73 Å². The van der Waals surface area contributed by atoms with Crippen LogP contribution in [0.1, 0.15) is 0 Å². The lowest BCUT2D eigenvalue weighted by atomic mass is 9.94. The van der Waals surface area contributed by atoms with Crippen LogP contribution in [0, 0.1) is 0 Å². The van der Waals surface area contributed by atoms with Gasteiger partial charge in [-0.15, -0.1) is 0 Å². The second-order valence-corrected chi connectivity index (χ2v) is 5.74. The van der Waals surface area contributed by atoms with E-state index < -0.39 is 74.6 Å². The van der Waals surface area contributed by atoms with Crippen molar-refractivity contribution in [1.29, 1.82) is 0 Å². The Balaban J connectivity index is 2.10. The van der Waals surface area contributed by atoms with Crippen LogP contribution in [0.25, 0.3) is 0 Å². The molecule has 0 aromatic carbocycles. The summed E-state index contributed by atoms with van der Waals surface area (Å²) >= 11 is 0. The highest BCUT2D eigenvalue weighted by Crippen LogP contribution is 2.29. The van der Waals surface area contributed by atoms with Crippen molar-refractivity contribution in [3.63, 3.8) is 0 Å². The van der Waals surface area contributed by atoms with Crippen molar-refractivity contribution in [1.82, 2.24) is 0 Å². The highest BCUT2D eigenvalue weighted by atomic mass is 16.7. The van der Waals surface area contributed by atoms with Gasteiger partial charge in [0.15, 0.2) is 12.0 Å². The molecule has 2 heterocycles. The Bertz CT molecular complexity index is 398. The molecule has 2 aliphatic rings. The largest absolute Gasteiger partial charge is 0.394 e. The zero-order chi connectivity index (χ0) is 17.4. The van der Waals surface area contributed by atoms with E-state index in [1.54, 1.807) is 0 Å². The standard InChI is InChI=1S/C12H23NO10/c13-12(3-21-4(1-14)7(17)10(12)20)23-11-9(19)8(18)6(16)5(2-15)22-11/h4-11,14-20H,1-3,13H2/t4-,5-,6-,7-,8+,9-,10+,11?,12-/m1/s1. The summed E-state index contributed by atoms with van der Waals surface area (Å²) in [5.74, 6) is 0. The summed E-state index contributed by atoms with van der Waals surface area (Å²) < 4.78 is 15.5. The first kappa shape index (κ1) is 18.9. The zero-order valence-corrected chi connectivity index (χ0v) is 12.2. The third kappa shape index (κ3) is 3.50. The molecule has 136 valence electrons. The maximum absolute atomic E-state index is 10.1. The number of hydrogen-bond donors (Lipinski definition) is 8. The SMILES string of the molecule is N[C@@]1(OC2O[C@H](CO)[C@@H](O)[C@H](O)[C@H]2O)CO[C@H](CO)[C@@H](O)[C@@H]1O. The van der Waals surface area contributed by atoms with Crippen molar-refractivity contribution in [2.75, 3.05) is 19.8 Å². The van der Waals surface area contributed by atoms with Gasteiger partial charge in [0.05, 0.1) is 19.8 Å². The molecule has 23 heavy (non-hydrogen) atoms. The maximum atomic E-state index is 10.1. The van der Waals surface area contributed by atoms with E-state index in [2.05, 4.69) is 0 Å². The Kier molecular flexibility index (Phi) is 5.92. The average molecular weight is 341 g/mol. The van der Waals surface area contributed by atoms with Crippen LogP contribution in [0.5, 0.6) is 0 Å². The quantitative estimate of drug-likeness (QED) is 0.227. The molecule has 2 aliphatic heterocycles. The van der Waals surface area contributed by atoms with E-state index >= 15 is 0 Å². The Morgan fingerprint density at radius 2 is 1.52 bits per heavy atom. The smallest absolute Gasteiger partial charge is 0.189 e. The lowest BCUT2D eigenvalue weighted by molar-refractivity contribution is -0.357. The molecule has 9 atom stereocenters. The average Bonchev–Trinajstić information content (AvgIpc) is 2.54. The van der Waals surface area contributed by atoms with Gasteiger partial charge in [-0.05, 0) is 0 Å². The van der Waals surface area contributed by atoms with Gasteiger partial charge in [-0.25, -0.2) is 0 Å². The minimum atomic E-state index is -2.00. The second kappa shape index (κ2) is 7.21. The summed E-state index contributed by atoms with van der Waals surface area (Å²) in [4.78, 5) is 0. The van der Waals surface area contributed by atoms with Crippen LogP contribution in [0.4, 0.5) is 0 Å². The van der Waals surface area contributed by atoms with Gasteiger partial charge in [0.2, 0.25) is 0 Å². The summed E-state index contributed by atoms with van der Waals surface area (Å²) in [5, 5.41) is 67.3. The van der Waals surface area contributed by atoms with E-state index in [1.807, 2.05) is 0 Å². The Labute approximate surface area is 131 Å². The van der Waals surface area contributed by atoms with Gasteiger partial charge >= 0.3 is 0 Å². The molecule has 2 fully saturated rings. The first-order chi connectivity index (χ1) is 10.7. The van der Waals surface area contributed by atoms with Gasteiger partial charge in [0.1, 0.15) is 42.7 Å². The molecule has 2 saturated heterocycles. The maximum Gasteiger partial charge on any atom is 0.189 e. The predicted octanol–water partition coefficient (Wildman–Crippen LogP) is -5.43. The molecule has 0 spiro atoms. The highest BCUT2D eigenvalue weighted by Gasteiger charge is 2.53. The molecule has 2 rings (SSSR count). The molecule has 11 nitrogen and oxygen atoms in total. The van der Waals surface area contributed by atoms with Crippen molar-refractivity contribution < 1.29 is 50.0 Å². The van der Waals surface area contributed by atoms with Crippen LogP contribution >= 0.6 is 0 Å². The van der Waals surface area contributed by atoms with Crippen molar-refractivity contribution in [3.8, 4) is 0 Å². The van der Waals surface area contributed by atoms with Gasteiger partial charge in [-0.2, -0.15) is 0 Å². The monoisotopic (exact) mass is 341 g/mol. The van der Waals surface area contributed by atoms with E-state index in [0.29, 0.717) is 0 Å². The molecule has 1 unspecified atom stereocenters. The van der Waals surface area contributed by atoms with Crippen LogP contribution in [-0.4, -0.2) is 110 Å². The molecule has 0 bridgehead atoms. The number of aliphatic hydroxyl groups is 7. The van der Waals surface area contributed by atoms with Crippen molar-refractivity contribution >= 4 is 0 Å². The number of aliphatic hydroxyl groups excluding tert-OH is 7. The van der Waals surface area contributed by atoms with Crippen molar-refractivity contribution in [2.45, 2.75) is 54.7 Å². The van der Waals surface area contributed by atoms with E-state index in [-0.39, 0.29) is 0 Å². The van der Waals surface area contributed by atoms with E-state index in [0.717, 1.165) is 0 Å². The van der Waals surface area contributed by atoms with Gasteiger partial charge in [-0.3, -0.25) is 5.73 Å². The summed E-state index contributed by atoms with van der Waals surface area (Å²) in [6, 6.07) is 0. The molecule has 9 N–H and O–H groups in total. The third-order valence-electron chi connectivity index (χ3n) is 4.09. The van der Waals surface area contributed by atoms with Gasteiger partial charge in [-0.1, -0.05) is 0 Å². The Morgan fingerprint density at radius 1 is 0.913 bits per heavy atom. The summed E-state index contributed by atoms with van der Waals surface area (Å²) in [7, 11) is 0. The Morgan fingerprint density at radius 3 is 2.09 bits per heavy atom. The highest BCUT2D eigenvalue weighted by molar-refractivity contribution is 4.97. The fourth-order valence-electron chi connectivity index (χ4n) is 2.56. The van der Waals surface area contributed by atoms with Crippen LogP contribution in [0.2, 0.25) is 0 Å². The first-order valence-corrected chi connectivity index (χ1v) is 7.11. The van der Waals surface area contributed by atoms with Gasteiger partial charge in [0, 0.05) is 0 Å². The van der Waals surface area contributed by atoms with Gasteiger partial charge in [0.25, 0.3) is 0 Å². The zero-order valence-electron chi connectivity index (χ0n) is 12.2. The van der Waals surface area contributed by atoms with E-state index in [1.165, 1.54) is 0 Å². The molecule has 0 aliphatic carbocycles. The Hall–Kier alpha value is -0.440. The van der Waals surface area contributed by atoms with Crippen molar-refractivity contribution in [3.05, 3.63) is 0 Å². The predicted molar refractivity (Wildman–Crippen MR) is 70.6 cm³/mol. The topological polar surface area (TPSA) is 195 Å². The minimum Gasteiger partial charge on any atom is -0.394 e. The first-order valence-electron chi connectivity index (χ1n) is 7.11. The third-order valence-corrected chi connectivity index (χ3v) is 4.09.